The second-order valence-electron chi connectivity index (χ2n) is 5.17. The minimum Gasteiger partial charge on any atom is -0.450 e. The number of hydrogen-bond acceptors (Lipinski definition) is 3. The number of amides is 1. The Labute approximate surface area is 135 Å². The van der Waals surface area contributed by atoms with Crippen molar-refractivity contribution in [3.05, 3.63) is 35.6 Å². The third kappa shape index (κ3) is 4.58. The Balaban J connectivity index is 1.86. The number of piperazine rings is 1. The zero-order valence-electron chi connectivity index (χ0n) is 13.6. The molecule has 1 N–H and O–H groups in total. The van der Waals surface area contributed by atoms with Gasteiger partial charge in [-0.25, -0.2) is 9.18 Å². The Bertz CT molecular complexity index is 557. The summed E-state index contributed by atoms with van der Waals surface area (Å²) >= 11 is 0. The second kappa shape index (κ2) is 8.36. The van der Waals surface area contributed by atoms with Gasteiger partial charge in [0.25, 0.3) is 0 Å². The van der Waals surface area contributed by atoms with E-state index in [-0.39, 0.29) is 11.9 Å². The molecule has 1 heterocycles. The molecule has 1 aliphatic rings. The first-order chi connectivity index (χ1) is 11.2. The van der Waals surface area contributed by atoms with Crippen LogP contribution < -0.4 is 5.32 Å². The summed E-state index contributed by atoms with van der Waals surface area (Å²) in [6.45, 7) is 5.04. The van der Waals surface area contributed by atoms with Crippen LogP contribution in [0.15, 0.2) is 29.3 Å². The quantitative estimate of drug-likeness (QED) is 0.679. The van der Waals surface area contributed by atoms with Crippen molar-refractivity contribution in [2.75, 3.05) is 39.8 Å². The number of benzene rings is 1. The molecular formula is C16H23FN4O2. The molecule has 7 heteroatoms. The lowest BCUT2D eigenvalue weighted by atomic mass is 10.2. The predicted molar refractivity (Wildman–Crippen MR) is 86.8 cm³/mol. The molecule has 0 aliphatic carbocycles. The lowest BCUT2D eigenvalue weighted by Gasteiger charge is -2.35. The first kappa shape index (κ1) is 17.1. The van der Waals surface area contributed by atoms with Gasteiger partial charge in [0, 0.05) is 45.3 Å². The number of ether oxygens (including phenoxy) is 1. The lowest BCUT2D eigenvalue weighted by Crippen LogP contribution is -2.53. The number of guanidine groups is 1. The SMILES string of the molecule is CCOC(=O)N1CCN(C(=NC)NCc2ccccc2F)CC1. The average molecular weight is 322 g/mol. The van der Waals surface area contributed by atoms with Crippen molar-refractivity contribution in [2.24, 2.45) is 4.99 Å². The molecule has 0 aromatic heterocycles. The molecule has 23 heavy (non-hydrogen) atoms. The minimum absolute atomic E-state index is 0.234. The Morgan fingerprint density at radius 1 is 1.26 bits per heavy atom. The van der Waals surface area contributed by atoms with Crippen LogP contribution in [0.5, 0.6) is 0 Å². The van der Waals surface area contributed by atoms with Gasteiger partial charge in [-0.05, 0) is 13.0 Å². The number of halogens is 1. The van der Waals surface area contributed by atoms with E-state index in [1.54, 1.807) is 37.1 Å². The van der Waals surface area contributed by atoms with Crippen molar-refractivity contribution in [2.45, 2.75) is 13.5 Å². The summed E-state index contributed by atoms with van der Waals surface area (Å²) in [5.41, 5.74) is 0.596. The molecule has 0 radical (unpaired) electrons. The molecule has 1 aliphatic heterocycles. The van der Waals surface area contributed by atoms with E-state index < -0.39 is 0 Å². The fraction of sp³-hybridized carbons (Fsp3) is 0.500. The van der Waals surface area contributed by atoms with E-state index in [1.165, 1.54) is 6.07 Å². The van der Waals surface area contributed by atoms with Crippen LogP contribution in [0, 0.1) is 5.82 Å². The Morgan fingerprint density at radius 3 is 2.52 bits per heavy atom. The van der Waals surface area contributed by atoms with Gasteiger partial charge in [-0.1, -0.05) is 18.2 Å². The molecule has 126 valence electrons. The third-order valence-corrected chi connectivity index (χ3v) is 3.71. The molecule has 0 unspecified atom stereocenters. The predicted octanol–water partition coefficient (Wildman–Crippen LogP) is 1.68. The van der Waals surface area contributed by atoms with Gasteiger partial charge in [-0.3, -0.25) is 4.99 Å². The smallest absolute Gasteiger partial charge is 0.409 e. The van der Waals surface area contributed by atoms with E-state index in [9.17, 15) is 9.18 Å². The fourth-order valence-electron chi connectivity index (χ4n) is 2.46. The minimum atomic E-state index is -0.276. The average Bonchev–Trinajstić information content (AvgIpc) is 2.57. The number of rotatable bonds is 3. The molecule has 1 aromatic carbocycles. The summed E-state index contributed by atoms with van der Waals surface area (Å²) in [4.78, 5) is 19.7. The van der Waals surface area contributed by atoms with Gasteiger partial charge < -0.3 is 19.9 Å². The number of nitrogens with one attached hydrogen (secondary N) is 1. The zero-order valence-corrected chi connectivity index (χ0v) is 13.6. The fourth-order valence-corrected chi connectivity index (χ4v) is 2.46. The summed E-state index contributed by atoms with van der Waals surface area (Å²) < 4.78 is 18.7. The maximum atomic E-state index is 13.6. The molecule has 0 saturated carbocycles. The van der Waals surface area contributed by atoms with Gasteiger partial charge in [0.05, 0.1) is 6.61 Å². The molecule has 1 aromatic rings. The Kier molecular flexibility index (Phi) is 6.19. The molecule has 2 rings (SSSR count). The third-order valence-electron chi connectivity index (χ3n) is 3.71. The lowest BCUT2D eigenvalue weighted by molar-refractivity contribution is 0.0914. The van der Waals surface area contributed by atoms with Crippen LogP contribution in [0.3, 0.4) is 0 Å². The van der Waals surface area contributed by atoms with Crippen molar-refractivity contribution >= 4 is 12.1 Å². The highest BCUT2D eigenvalue weighted by Crippen LogP contribution is 2.07. The van der Waals surface area contributed by atoms with E-state index in [0.29, 0.717) is 50.9 Å². The molecule has 0 atom stereocenters. The van der Waals surface area contributed by atoms with Crippen LogP contribution in [0.2, 0.25) is 0 Å². The molecular weight excluding hydrogens is 299 g/mol. The molecule has 1 amide bonds. The van der Waals surface area contributed by atoms with Crippen molar-refractivity contribution in [1.29, 1.82) is 0 Å². The summed E-state index contributed by atoms with van der Waals surface area (Å²) in [5, 5.41) is 3.17. The second-order valence-corrected chi connectivity index (χ2v) is 5.17. The molecule has 6 nitrogen and oxygen atoms in total. The normalized spacial score (nSPS) is 15.5. The van der Waals surface area contributed by atoms with Crippen molar-refractivity contribution in [3.63, 3.8) is 0 Å². The highest BCUT2D eigenvalue weighted by atomic mass is 19.1. The van der Waals surface area contributed by atoms with Crippen LogP contribution >= 0.6 is 0 Å². The van der Waals surface area contributed by atoms with E-state index in [2.05, 4.69) is 15.2 Å². The van der Waals surface area contributed by atoms with Crippen molar-refractivity contribution < 1.29 is 13.9 Å². The van der Waals surface area contributed by atoms with Crippen molar-refractivity contribution in [3.8, 4) is 0 Å². The van der Waals surface area contributed by atoms with E-state index >= 15 is 0 Å². The van der Waals surface area contributed by atoms with E-state index in [4.69, 9.17) is 4.74 Å². The molecule has 1 saturated heterocycles. The first-order valence-electron chi connectivity index (χ1n) is 7.76. The standard InChI is InChI=1S/C16H23FN4O2/c1-3-23-16(22)21-10-8-20(9-11-21)15(18-2)19-12-13-6-4-5-7-14(13)17/h4-7H,3,8-12H2,1-2H3,(H,18,19). The van der Waals surface area contributed by atoms with Crippen molar-refractivity contribution in [1.82, 2.24) is 15.1 Å². The van der Waals surface area contributed by atoms with Gasteiger partial charge >= 0.3 is 6.09 Å². The summed E-state index contributed by atoms with van der Waals surface area (Å²) in [5.74, 6) is 0.472. The molecule has 0 spiro atoms. The van der Waals surface area contributed by atoms with Crippen LogP contribution in [0.4, 0.5) is 9.18 Å². The van der Waals surface area contributed by atoms with Gasteiger partial charge in [0.2, 0.25) is 0 Å². The topological polar surface area (TPSA) is 57.2 Å². The van der Waals surface area contributed by atoms with Gasteiger partial charge in [0.1, 0.15) is 5.82 Å². The number of carbonyl (C=O) groups is 1. The number of nitrogens with zero attached hydrogens (tertiary/aromatic N) is 3. The van der Waals surface area contributed by atoms with Crippen LogP contribution in [0.1, 0.15) is 12.5 Å². The van der Waals surface area contributed by atoms with Crippen LogP contribution in [0.25, 0.3) is 0 Å². The Hall–Kier alpha value is -2.31. The van der Waals surface area contributed by atoms with Crippen LogP contribution in [-0.4, -0.2) is 61.7 Å². The Morgan fingerprint density at radius 2 is 1.91 bits per heavy atom. The van der Waals surface area contributed by atoms with Crippen LogP contribution in [-0.2, 0) is 11.3 Å². The van der Waals surface area contributed by atoms with E-state index in [1.807, 2.05) is 0 Å². The maximum absolute atomic E-state index is 13.6. The maximum Gasteiger partial charge on any atom is 0.409 e. The number of aliphatic imine (C=N–C) groups is 1. The zero-order chi connectivity index (χ0) is 16.7. The number of carbonyl (C=O) groups excluding carboxylic acids is 1. The highest BCUT2D eigenvalue weighted by Gasteiger charge is 2.23. The van der Waals surface area contributed by atoms with Gasteiger partial charge in [-0.2, -0.15) is 0 Å². The molecule has 0 bridgehead atoms. The number of hydrogen-bond donors (Lipinski definition) is 1. The van der Waals surface area contributed by atoms with E-state index in [0.717, 1.165) is 0 Å². The molecule has 1 fully saturated rings. The largest absolute Gasteiger partial charge is 0.450 e. The van der Waals surface area contributed by atoms with Gasteiger partial charge in [0.15, 0.2) is 5.96 Å². The monoisotopic (exact) mass is 322 g/mol. The van der Waals surface area contributed by atoms with Gasteiger partial charge in [-0.15, -0.1) is 0 Å². The highest BCUT2D eigenvalue weighted by molar-refractivity contribution is 5.80. The first-order valence-corrected chi connectivity index (χ1v) is 7.76. The summed E-state index contributed by atoms with van der Waals surface area (Å²) in [6, 6.07) is 6.66. The summed E-state index contributed by atoms with van der Waals surface area (Å²) in [6.07, 6.45) is -0.276. The summed E-state index contributed by atoms with van der Waals surface area (Å²) in [7, 11) is 1.70.